The van der Waals surface area contributed by atoms with Crippen molar-refractivity contribution in [1.82, 2.24) is 29.4 Å². The van der Waals surface area contributed by atoms with E-state index >= 15 is 0 Å². The van der Waals surface area contributed by atoms with Crippen molar-refractivity contribution >= 4 is 17.5 Å². The molecule has 0 N–H and O–H groups in total. The summed E-state index contributed by atoms with van der Waals surface area (Å²) in [6, 6.07) is 17.4. The van der Waals surface area contributed by atoms with Crippen molar-refractivity contribution in [2.45, 2.75) is 25.3 Å². The van der Waals surface area contributed by atoms with Gasteiger partial charge in [0, 0.05) is 44.8 Å². The maximum absolute atomic E-state index is 13.3. The van der Waals surface area contributed by atoms with E-state index in [-0.39, 0.29) is 23.8 Å². The van der Waals surface area contributed by atoms with Crippen LogP contribution < -0.4 is 0 Å². The van der Waals surface area contributed by atoms with Crippen LogP contribution in [-0.4, -0.2) is 67.4 Å². The number of carbonyl (C=O) groups excluding carboxylic acids is 2. The Morgan fingerprint density at radius 2 is 1.74 bits per heavy atom. The van der Waals surface area contributed by atoms with Gasteiger partial charge in [-0.2, -0.15) is 5.10 Å². The van der Waals surface area contributed by atoms with Gasteiger partial charge in [-0.25, -0.2) is 9.50 Å². The van der Waals surface area contributed by atoms with Gasteiger partial charge in [0.25, 0.3) is 11.8 Å². The predicted octanol–water partition coefficient (Wildman–Crippen LogP) is 3.36. The Bertz CT molecular complexity index is 1300. The third-order valence-electron chi connectivity index (χ3n) is 6.87. The van der Waals surface area contributed by atoms with Gasteiger partial charge in [-0.1, -0.05) is 36.4 Å². The Kier molecular flexibility index (Phi) is 6.52. The van der Waals surface area contributed by atoms with Gasteiger partial charge in [0.15, 0.2) is 5.65 Å². The summed E-state index contributed by atoms with van der Waals surface area (Å²) in [5.41, 5.74) is 2.73. The standard InChI is InChI=1S/C27H28N6O2/c1-31(27(35)23-10-5-6-13-28-23)24(18-20-8-3-2-4-9-20)21-11-16-32(17-12-21)26(34)22-19-30-33-15-7-14-29-25(22)33/h2-10,13-15,19,21,24H,11-12,16-18H2,1H3. The minimum atomic E-state index is -0.0810. The molecule has 1 aliphatic rings. The first-order valence-corrected chi connectivity index (χ1v) is 11.9. The fraction of sp³-hybridized carbons (Fsp3) is 0.296. The van der Waals surface area contributed by atoms with Crippen molar-refractivity contribution < 1.29 is 9.59 Å². The van der Waals surface area contributed by atoms with Gasteiger partial charge < -0.3 is 9.80 Å². The molecule has 4 heterocycles. The van der Waals surface area contributed by atoms with Gasteiger partial charge in [-0.05, 0) is 48.9 Å². The monoisotopic (exact) mass is 468 g/mol. The summed E-state index contributed by atoms with van der Waals surface area (Å²) in [4.78, 5) is 38.8. The number of aromatic nitrogens is 4. The Morgan fingerprint density at radius 3 is 2.49 bits per heavy atom. The van der Waals surface area contributed by atoms with Crippen LogP contribution in [0.5, 0.6) is 0 Å². The van der Waals surface area contributed by atoms with E-state index in [1.165, 1.54) is 5.56 Å². The highest BCUT2D eigenvalue weighted by molar-refractivity contribution is 5.99. The summed E-state index contributed by atoms with van der Waals surface area (Å²) in [5.74, 6) is 0.135. The summed E-state index contributed by atoms with van der Waals surface area (Å²) in [6.07, 6.45) is 9.08. The van der Waals surface area contributed by atoms with Crippen LogP contribution in [0.15, 0.2) is 79.4 Å². The summed E-state index contributed by atoms with van der Waals surface area (Å²) < 4.78 is 1.62. The highest BCUT2D eigenvalue weighted by Gasteiger charge is 2.34. The number of nitrogens with zero attached hydrogens (tertiary/aromatic N) is 6. The number of hydrogen-bond acceptors (Lipinski definition) is 5. The third-order valence-corrected chi connectivity index (χ3v) is 6.87. The number of piperidine rings is 1. The number of likely N-dealkylation sites (N-methyl/N-ethyl adjacent to an activating group) is 1. The number of rotatable bonds is 6. The highest BCUT2D eigenvalue weighted by atomic mass is 16.2. The highest BCUT2D eigenvalue weighted by Crippen LogP contribution is 2.28. The molecular formula is C27H28N6O2. The Morgan fingerprint density at radius 1 is 1.00 bits per heavy atom. The van der Waals surface area contributed by atoms with Crippen LogP contribution in [0.2, 0.25) is 0 Å². The lowest BCUT2D eigenvalue weighted by Crippen LogP contribution is -2.48. The summed E-state index contributed by atoms with van der Waals surface area (Å²) in [7, 11) is 1.87. The van der Waals surface area contributed by atoms with E-state index in [1.54, 1.807) is 41.4 Å². The number of carbonyl (C=O) groups is 2. The first-order chi connectivity index (χ1) is 17.1. The number of pyridine rings is 1. The largest absolute Gasteiger partial charge is 0.338 e. The molecule has 1 fully saturated rings. The molecule has 8 heteroatoms. The Labute approximate surface area is 204 Å². The molecule has 1 aliphatic heterocycles. The third kappa shape index (κ3) is 4.77. The minimum Gasteiger partial charge on any atom is -0.338 e. The van der Waals surface area contributed by atoms with E-state index in [0.29, 0.717) is 30.0 Å². The fourth-order valence-corrected chi connectivity index (χ4v) is 4.93. The summed E-state index contributed by atoms with van der Waals surface area (Å²) in [6.45, 7) is 1.26. The molecule has 0 spiro atoms. The molecule has 0 aliphatic carbocycles. The van der Waals surface area contributed by atoms with Crippen molar-refractivity contribution in [3.05, 3.63) is 96.2 Å². The summed E-state index contributed by atoms with van der Waals surface area (Å²) >= 11 is 0. The van der Waals surface area contributed by atoms with Crippen molar-refractivity contribution in [3.8, 4) is 0 Å². The van der Waals surface area contributed by atoms with Crippen LogP contribution in [-0.2, 0) is 6.42 Å². The van der Waals surface area contributed by atoms with Gasteiger partial charge in [-0.15, -0.1) is 0 Å². The Hall–Kier alpha value is -4.07. The second-order valence-electron chi connectivity index (χ2n) is 8.96. The lowest BCUT2D eigenvalue weighted by molar-refractivity contribution is 0.0520. The van der Waals surface area contributed by atoms with E-state index in [0.717, 1.165) is 19.3 Å². The predicted molar refractivity (Wildman–Crippen MR) is 132 cm³/mol. The number of hydrogen-bond donors (Lipinski definition) is 0. The average molecular weight is 469 g/mol. The minimum absolute atomic E-state index is 0.00259. The Balaban J connectivity index is 1.32. The molecule has 5 rings (SSSR count). The smallest absolute Gasteiger partial charge is 0.272 e. The second kappa shape index (κ2) is 10.0. The average Bonchev–Trinajstić information content (AvgIpc) is 3.36. The first-order valence-electron chi connectivity index (χ1n) is 11.9. The van der Waals surface area contributed by atoms with E-state index in [9.17, 15) is 9.59 Å². The zero-order valence-corrected chi connectivity index (χ0v) is 19.7. The van der Waals surface area contributed by atoms with E-state index in [4.69, 9.17) is 0 Å². The van der Waals surface area contributed by atoms with Gasteiger partial charge in [0.05, 0.1) is 6.20 Å². The molecule has 178 valence electrons. The topological polar surface area (TPSA) is 83.7 Å². The molecule has 3 aromatic heterocycles. The van der Waals surface area contributed by atoms with Crippen LogP contribution in [0.4, 0.5) is 0 Å². The van der Waals surface area contributed by atoms with Crippen molar-refractivity contribution in [1.29, 1.82) is 0 Å². The number of amides is 2. The lowest BCUT2D eigenvalue weighted by Gasteiger charge is -2.40. The van der Waals surface area contributed by atoms with Crippen LogP contribution >= 0.6 is 0 Å². The number of likely N-dealkylation sites (tertiary alicyclic amines) is 1. The number of fused-ring (bicyclic) bond motifs is 1. The van der Waals surface area contributed by atoms with Crippen LogP contribution in [0.25, 0.3) is 5.65 Å². The number of benzene rings is 1. The van der Waals surface area contributed by atoms with Crippen LogP contribution in [0.1, 0.15) is 39.3 Å². The summed E-state index contributed by atoms with van der Waals surface area (Å²) in [5, 5.41) is 4.25. The molecule has 1 aromatic carbocycles. The quantitative estimate of drug-likeness (QED) is 0.433. The molecule has 8 nitrogen and oxygen atoms in total. The zero-order chi connectivity index (χ0) is 24.2. The van der Waals surface area contributed by atoms with E-state index in [1.807, 2.05) is 47.2 Å². The SMILES string of the molecule is CN(C(=O)c1ccccn1)C(Cc1ccccc1)C1CCN(C(=O)c2cnn3cccnc23)CC1. The van der Waals surface area contributed by atoms with Gasteiger partial charge in [0.1, 0.15) is 11.3 Å². The molecule has 4 aromatic rings. The molecule has 35 heavy (non-hydrogen) atoms. The van der Waals surface area contributed by atoms with E-state index in [2.05, 4.69) is 27.2 Å². The van der Waals surface area contributed by atoms with Crippen LogP contribution in [0.3, 0.4) is 0 Å². The van der Waals surface area contributed by atoms with Gasteiger partial charge in [0.2, 0.25) is 0 Å². The molecule has 1 atom stereocenters. The van der Waals surface area contributed by atoms with Crippen molar-refractivity contribution in [2.75, 3.05) is 20.1 Å². The maximum Gasteiger partial charge on any atom is 0.272 e. The van der Waals surface area contributed by atoms with Gasteiger partial charge in [-0.3, -0.25) is 14.6 Å². The normalized spacial score (nSPS) is 15.2. The molecular weight excluding hydrogens is 440 g/mol. The molecule has 2 amide bonds. The van der Waals surface area contributed by atoms with Crippen molar-refractivity contribution in [3.63, 3.8) is 0 Å². The molecule has 0 saturated carbocycles. The zero-order valence-electron chi connectivity index (χ0n) is 19.7. The lowest BCUT2D eigenvalue weighted by atomic mass is 9.84. The maximum atomic E-state index is 13.3. The molecule has 0 bridgehead atoms. The van der Waals surface area contributed by atoms with Crippen LogP contribution in [0, 0.1) is 5.92 Å². The molecule has 1 unspecified atom stereocenters. The first kappa shape index (κ1) is 22.7. The van der Waals surface area contributed by atoms with Crippen molar-refractivity contribution in [2.24, 2.45) is 5.92 Å². The fourth-order valence-electron chi connectivity index (χ4n) is 4.93. The van der Waals surface area contributed by atoms with Gasteiger partial charge >= 0.3 is 0 Å². The molecule has 0 radical (unpaired) electrons. The second-order valence-corrected chi connectivity index (χ2v) is 8.96. The molecule has 1 saturated heterocycles. The van der Waals surface area contributed by atoms with E-state index < -0.39 is 0 Å².